The van der Waals surface area contributed by atoms with Crippen LogP contribution in [0, 0.1) is 5.82 Å². The first-order valence-corrected chi connectivity index (χ1v) is 11.8. The standard InChI is InChI=1S/C28H27FN4O3/c1-28(2,3)36-25(34)13-20-11-10-19-15-33(27(35)26(19)30-20)14-18-9-8-17(12-23(18)29)21-6-5-7-24-22(21)16-32(4)31-24/h5-12,16H,13-15H2,1-4H3. The molecule has 0 saturated heterocycles. The molecule has 2 aromatic heterocycles. The van der Waals surface area contributed by atoms with Crippen molar-refractivity contribution in [1.82, 2.24) is 19.7 Å². The van der Waals surface area contributed by atoms with E-state index in [1.54, 1.807) is 48.6 Å². The van der Waals surface area contributed by atoms with E-state index in [4.69, 9.17) is 4.74 Å². The lowest BCUT2D eigenvalue weighted by Gasteiger charge is -2.19. The van der Waals surface area contributed by atoms with Crippen LogP contribution in [0.1, 0.15) is 48.1 Å². The van der Waals surface area contributed by atoms with Gasteiger partial charge in [-0.2, -0.15) is 5.10 Å². The number of nitrogens with zero attached hydrogens (tertiary/aromatic N) is 4. The summed E-state index contributed by atoms with van der Waals surface area (Å²) in [5.41, 5.74) is 3.86. The molecule has 1 aliphatic rings. The van der Waals surface area contributed by atoms with Crippen molar-refractivity contribution in [1.29, 1.82) is 0 Å². The zero-order valence-corrected chi connectivity index (χ0v) is 20.7. The first-order valence-electron chi connectivity index (χ1n) is 11.8. The molecule has 0 N–H and O–H groups in total. The van der Waals surface area contributed by atoms with Gasteiger partial charge in [0, 0.05) is 42.8 Å². The van der Waals surface area contributed by atoms with Crippen LogP contribution in [0.25, 0.3) is 22.0 Å². The quantitative estimate of drug-likeness (QED) is 0.378. The Morgan fingerprint density at radius 1 is 1.14 bits per heavy atom. The molecule has 0 radical (unpaired) electrons. The van der Waals surface area contributed by atoms with E-state index in [9.17, 15) is 9.59 Å². The van der Waals surface area contributed by atoms with Crippen molar-refractivity contribution >= 4 is 22.8 Å². The summed E-state index contributed by atoms with van der Waals surface area (Å²) in [6.45, 7) is 5.86. The van der Waals surface area contributed by atoms with E-state index in [0.717, 1.165) is 27.6 Å². The molecular formula is C28H27FN4O3. The van der Waals surface area contributed by atoms with Gasteiger partial charge < -0.3 is 9.64 Å². The fourth-order valence-electron chi connectivity index (χ4n) is 4.48. The van der Waals surface area contributed by atoms with E-state index in [2.05, 4.69) is 10.1 Å². The predicted molar refractivity (Wildman–Crippen MR) is 133 cm³/mol. The summed E-state index contributed by atoms with van der Waals surface area (Å²) in [5.74, 6) is -1.06. The van der Waals surface area contributed by atoms with Crippen LogP contribution < -0.4 is 0 Å². The number of pyridine rings is 1. The van der Waals surface area contributed by atoms with Crippen LogP contribution in [0.15, 0.2) is 54.7 Å². The number of fused-ring (bicyclic) bond motifs is 2. The molecule has 5 rings (SSSR count). The lowest BCUT2D eigenvalue weighted by Crippen LogP contribution is -2.25. The molecule has 0 bridgehead atoms. The smallest absolute Gasteiger partial charge is 0.312 e. The maximum Gasteiger partial charge on any atom is 0.312 e. The van der Waals surface area contributed by atoms with Gasteiger partial charge in [0.2, 0.25) is 0 Å². The number of hydrogen-bond donors (Lipinski definition) is 0. The Bertz CT molecular complexity index is 1500. The number of benzene rings is 2. The van der Waals surface area contributed by atoms with Crippen molar-refractivity contribution in [3.63, 3.8) is 0 Å². The van der Waals surface area contributed by atoms with Crippen molar-refractivity contribution in [2.24, 2.45) is 7.05 Å². The molecule has 0 spiro atoms. The Morgan fingerprint density at radius 3 is 2.69 bits per heavy atom. The molecule has 2 aromatic carbocycles. The number of ether oxygens (including phenoxy) is 1. The van der Waals surface area contributed by atoms with Gasteiger partial charge >= 0.3 is 5.97 Å². The summed E-state index contributed by atoms with van der Waals surface area (Å²) in [6, 6.07) is 14.4. The van der Waals surface area contributed by atoms with Crippen LogP contribution in [0.2, 0.25) is 0 Å². The molecular weight excluding hydrogens is 459 g/mol. The third-order valence-electron chi connectivity index (χ3n) is 6.02. The lowest BCUT2D eigenvalue weighted by molar-refractivity contribution is -0.154. The first-order chi connectivity index (χ1) is 17.1. The van der Waals surface area contributed by atoms with E-state index in [1.165, 1.54) is 6.07 Å². The highest BCUT2D eigenvalue weighted by molar-refractivity contribution is 5.97. The van der Waals surface area contributed by atoms with Gasteiger partial charge in [0.25, 0.3) is 5.91 Å². The minimum absolute atomic E-state index is 0.0163. The second-order valence-corrected chi connectivity index (χ2v) is 10.1. The molecule has 36 heavy (non-hydrogen) atoms. The number of aromatic nitrogens is 3. The topological polar surface area (TPSA) is 77.3 Å². The summed E-state index contributed by atoms with van der Waals surface area (Å²) in [6.07, 6.45) is 1.90. The van der Waals surface area contributed by atoms with E-state index in [-0.39, 0.29) is 24.7 Å². The molecule has 4 aromatic rings. The SMILES string of the molecule is Cn1cc2c(-c3ccc(CN4Cc5ccc(CC(=O)OC(C)(C)C)nc5C4=O)c(F)c3)cccc2n1. The van der Waals surface area contributed by atoms with Gasteiger partial charge in [0.05, 0.1) is 17.6 Å². The minimum atomic E-state index is -0.593. The third kappa shape index (κ3) is 4.71. The number of esters is 1. The van der Waals surface area contributed by atoms with Crippen LogP contribution in [0.5, 0.6) is 0 Å². The Labute approximate surface area is 208 Å². The van der Waals surface area contributed by atoms with Crippen molar-refractivity contribution in [3.8, 4) is 11.1 Å². The van der Waals surface area contributed by atoms with Gasteiger partial charge in [-0.3, -0.25) is 14.3 Å². The van der Waals surface area contributed by atoms with Crippen LogP contribution in [-0.2, 0) is 36.1 Å². The molecule has 184 valence electrons. The van der Waals surface area contributed by atoms with Gasteiger partial charge in [0.15, 0.2) is 0 Å². The Morgan fingerprint density at radius 2 is 1.94 bits per heavy atom. The zero-order valence-electron chi connectivity index (χ0n) is 20.7. The predicted octanol–water partition coefficient (Wildman–Crippen LogP) is 4.81. The summed E-state index contributed by atoms with van der Waals surface area (Å²) < 4.78 is 22.3. The average molecular weight is 487 g/mol. The third-order valence-corrected chi connectivity index (χ3v) is 6.02. The minimum Gasteiger partial charge on any atom is -0.460 e. The molecule has 8 heteroatoms. The Kier molecular flexibility index (Phi) is 5.82. The highest BCUT2D eigenvalue weighted by Crippen LogP contribution is 2.30. The summed E-state index contributed by atoms with van der Waals surface area (Å²) in [4.78, 5) is 31.2. The molecule has 1 amide bonds. The molecule has 0 aliphatic carbocycles. The van der Waals surface area contributed by atoms with Gasteiger partial charge in [0.1, 0.15) is 17.1 Å². The van der Waals surface area contributed by atoms with E-state index in [1.807, 2.05) is 37.5 Å². The molecule has 7 nitrogen and oxygen atoms in total. The highest BCUT2D eigenvalue weighted by Gasteiger charge is 2.30. The Hall–Kier alpha value is -4.07. The Balaban J connectivity index is 1.32. The van der Waals surface area contributed by atoms with Crippen molar-refractivity contribution < 1.29 is 18.7 Å². The van der Waals surface area contributed by atoms with Crippen molar-refractivity contribution in [2.75, 3.05) is 0 Å². The van der Waals surface area contributed by atoms with Crippen LogP contribution >= 0.6 is 0 Å². The van der Waals surface area contributed by atoms with Gasteiger partial charge in [-0.25, -0.2) is 9.37 Å². The highest BCUT2D eigenvalue weighted by atomic mass is 19.1. The molecule has 3 heterocycles. The molecule has 0 unspecified atom stereocenters. The van der Waals surface area contributed by atoms with E-state index >= 15 is 4.39 Å². The summed E-state index contributed by atoms with van der Waals surface area (Å²) in [7, 11) is 1.86. The number of carbonyl (C=O) groups excluding carboxylic acids is 2. The van der Waals surface area contributed by atoms with Crippen LogP contribution in [0.3, 0.4) is 0 Å². The van der Waals surface area contributed by atoms with E-state index in [0.29, 0.717) is 23.5 Å². The van der Waals surface area contributed by atoms with Crippen LogP contribution in [-0.4, -0.2) is 37.1 Å². The molecule has 0 fully saturated rings. The van der Waals surface area contributed by atoms with Gasteiger partial charge in [-0.1, -0.05) is 30.3 Å². The van der Waals surface area contributed by atoms with Crippen molar-refractivity contribution in [3.05, 3.63) is 83.1 Å². The van der Waals surface area contributed by atoms with Gasteiger partial charge in [-0.15, -0.1) is 0 Å². The van der Waals surface area contributed by atoms with Crippen molar-refractivity contribution in [2.45, 2.75) is 45.9 Å². The second-order valence-electron chi connectivity index (χ2n) is 10.1. The fraction of sp³-hybridized carbons (Fsp3) is 0.286. The maximum absolute atomic E-state index is 15.2. The largest absolute Gasteiger partial charge is 0.460 e. The molecule has 1 aliphatic heterocycles. The number of carbonyl (C=O) groups is 2. The van der Waals surface area contributed by atoms with Gasteiger partial charge in [-0.05, 0) is 50.1 Å². The fourth-order valence-corrected chi connectivity index (χ4v) is 4.48. The monoisotopic (exact) mass is 486 g/mol. The number of amides is 1. The average Bonchev–Trinajstić information content (AvgIpc) is 3.32. The zero-order chi connectivity index (χ0) is 25.6. The number of aryl methyl sites for hydroxylation is 1. The number of hydrogen-bond acceptors (Lipinski definition) is 5. The molecule has 0 atom stereocenters. The number of rotatable bonds is 5. The summed E-state index contributed by atoms with van der Waals surface area (Å²) in [5, 5.41) is 5.37. The summed E-state index contributed by atoms with van der Waals surface area (Å²) >= 11 is 0. The molecule has 0 saturated carbocycles. The second kappa shape index (κ2) is 8.86. The number of halogens is 1. The van der Waals surface area contributed by atoms with Crippen LogP contribution in [0.4, 0.5) is 4.39 Å². The lowest BCUT2D eigenvalue weighted by atomic mass is 10.00. The van der Waals surface area contributed by atoms with E-state index < -0.39 is 11.6 Å². The first kappa shape index (κ1) is 23.7. The maximum atomic E-state index is 15.2. The normalized spacial score (nSPS) is 13.4.